The largest absolute Gasteiger partial charge is 0.352 e. The van der Waals surface area contributed by atoms with Crippen LogP contribution in [-0.4, -0.2) is 28.1 Å². The van der Waals surface area contributed by atoms with Crippen molar-refractivity contribution in [2.45, 2.75) is 19.9 Å². The number of nitrogens with zero attached hydrogens (tertiary/aromatic N) is 2. The number of para-hydroxylation sites is 1. The summed E-state index contributed by atoms with van der Waals surface area (Å²) in [6, 6.07) is 13.9. The van der Waals surface area contributed by atoms with E-state index >= 15 is 0 Å². The second kappa shape index (κ2) is 8.27. The lowest BCUT2D eigenvalue weighted by Gasteiger charge is -2.10. The first-order chi connectivity index (χ1) is 13.1. The molecule has 0 aliphatic rings. The third-order valence-corrected chi connectivity index (χ3v) is 4.06. The topological polar surface area (TPSA) is 93.1 Å². The Labute approximate surface area is 156 Å². The van der Waals surface area contributed by atoms with Gasteiger partial charge < -0.3 is 10.6 Å². The minimum Gasteiger partial charge on any atom is -0.352 e. The van der Waals surface area contributed by atoms with Gasteiger partial charge in [0.2, 0.25) is 11.3 Å². The molecule has 7 nitrogen and oxygen atoms in total. The van der Waals surface area contributed by atoms with Crippen LogP contribution in [0.2, 0.25) is 0 Å². The molecule has 2 aromatic carbocycles. The molecule has 0 saturated carbocycles. The molecule has 0 radical (unpaired) electrons. The molecular formula is C20H20N4O3. The average Bonchev–Trinajstić information content (AvgIpc) is 2.68. The molecule has 138 valence electrons. The molecule has 0 unspecified atom stereocenters. The van der Waals surface area contributed by atoms with Crippen LogP contribution in [0, 0.1) is 0 Å². The maximum atomic E-state index is 12.3. The van der Waals surface area contributed by atoms with Crippen molar-refractivity contribution >= 4 is 28.4 Å². The summed E-state index contributed by atoms with van der Waals surface area (Å²) in [6.45, 7) is 2.72. The van der Waals surface area contributed by atoms with Crippen LogP contribution >= 0.6 is 0 Å². The normalized spacial score (nSPS) is 10.6. The summed E-state index contributed by atoms with van der Waals surface area (Å²) < 4.78 is 1.64. The van der Waals surface area contributed by atoms with Crippen molar-refractivity contribution in [1.29, 1.82) is 0 Å². The fraction of sp³-hybridized carbons (Fsp3) is 0.200. The standard InChI is InChI=1S/C20H20N4O3/c1-2-21-20(27)14-6-5-7-15(12-14)23-19(26)10-11-24-17-9-4-3-8-16(17)18(25)13-22-24/h3-9,12-13H,2,10-11H2,1H3,(H,21,27)(H,23,26). The molecule has 0 bridgehead atoms. The fourth-order valence-corrected chi connectivity index (χ4v) is 2.77. The van der Waals surface area contributed by atoms with Gasteiger partial charge in [0.15, 0.2) is 0 Å². The Morgan fingerprint density at radius 3 is 2.74 bits per heavy atom. The third kappa shape index (κ3) is 4.38. The van der Waals surface area contributed by atoms with Crippen molar-refractivity contribution in [3.05, 3.63) is 70.5 Å². The molecule has 27 heavy (non-hydrogen) atoms. The number of aromatic nitrogens is 2. The lowest BCUT2D eigenvalue weighted by molar-refractivity contribution is -0.116. The molecule has 1 heterocycles. The maximum absolute atomic E-state index is 12.3. The SMILES string of the molecule is CCNC(=O)c1cccc(NC(=O)CCn2ncc(=O)c3ccccc32)c1. The minimum atomic E-state index is -0.201. The van der Waals surface area contributed by atoms with Crippen LogP contribution in [-0.2, 0) is 11.3 Å². The molecule has 0 fully saturated rings. The van der Waals surface area contributed by atoms with Gasteiger partial charge in [-0.05, 0) is 37.3 Å². The van der Waals surface area contributed by atoms with Gasteiger partial charge in [-0.3, -0.25) is 19.1 Å². The Hall–Kier alpha value is -3.48. The molecule has 0 spiro atoms. The monoisotopic (exact) mass is 364 g/mol. The smallest absolute Gasteiger partial charge is 0.251 e. The number of benzene rings is 2. The highest BCUT2D eigenvalue weighted by Crippen LogP contribution is 2.12. The number of nitrogens with one attached hydrogen (secondary N) is 2. The lowest BCUT2D eigenvalue weighted by atomic mass is 10.2. The van der Waals surface area contributed by atoms with Crippen molar-refractivity contribution in [2.24, 2.45) is 0 Å². The second-order valence-electron chi connectivity index (χ2n) is 5.99. The quantitative estimate of drug-likeness (QED) is 0.701. The Balaban J connectivity index is 1.67. The summed E-state index contributed by atoms with van der Waals surface area (Å²) in [5.74, 6) is -0.384. The highest BCUT2D eigenvalue weighted by molar-refractivity contribution is 5.97. The molecule has 3 rings (SSSR count). The van der Waals surface area contributed by atoms with Crippen LogP contribution in [0.25, 0.3) is 10.9 Å². The number of rotatable bonds is 6. The van der Waals surface area contributed by atoms with Gasteiger partial charge in [-0.1, -0.05) is 18.2 Å². The summed E-state index contributed by atoms with van der Waals surface area (Å²) in [4.78, 5) is 36.0. The summed E-state index contributed by atoms with van der Waals surface area (Å²) >= 11 is 0. The van der Waals surface area contributed by atoms with Crippen LogP contribution in [0.3, 0.4) is 0 Å². The van der Waals surface area contributed by atoms with Crippen LogP contribution < -0.4 is 16.1 Å². The molecular weight excluding hydrogens is 344 g/mol. The molecule has 0 aliphatic carbocycles. The van der Waals surface area contributed by atoms with E-state index in [2.05, 4.69) is 15.7 Å². The molecule has 7 heteroatoms. The van der Waals surface area contributed by atoms with Gasteiger partial charge in [-0.25, -0.2) is 0 Å². The fourth-order valence-electron chi connectivity index (χ4n) is 2.77. The van der Waals surface area contributed by atoms with E-state index in [4.69, 9.17) is 0 Å². The Kier molecular flexibility index (Phi) is 5.61. The van der Waals surface area contributed by atoms with E-state index in [0.717, 1.165) is 0 Å². The number of amides is 2. The summed E-state index contributed by atoms with van der Waals surface area (Å²) in [5, 5.41) is 10.2. The lowest BCUT2D eigenvalue weighted by Crippen LogP contribution is -2.23. The number of anilines is 1. The van der Waals surface area contributed by atoms with Gasteiger partial charge in [0, 0.05) is 29.6 Å². The zero-order valence-electron chi connectivity index (χ0n) is 14.9. The number of carbonyl (C=O) groups excluding carboxylic acids is 2. The number of hydrogen-bond acceptors (Lipinski definition) is 4. The van der Waals surface area contributed by atoms with Crippen molar-refractivity contribution < 1.29 is 9.59 Å². The Morgan fingerprint density at radius 1 is 1.11 bits per heavy atom. The van der Waals surface area contributed by atoms with Gasteiger partial charge in [0.25, 0.3) is 5.91 Å². The molecule has 2 N–H and O–H groups in total. The van der Waals surface area contributed by atoms with Gasteiger partial charge in [0.1, 0.15) is 0 Å². The van der Waals surface area contributed by atoms with Crippen molar-refractivity contribution in [1.82, 2.24) is 15.1 Å². The van der Waals surface area contributed by atoms with E-state index in [-0.39, 0.29) is 23.7 Å². The average molecular weight is 364 g/mol. The first kappa shape index (κ1) is 18.3. The van der Waals surface area contributed by atoms with Gasteiger partial charge >= 0.3 is 0 Å². The summed E-state index contributed by atoms with van der Waals surface area (Å²) in [7, 11) is 0. The van der Waals surface area contributed by atoms with E-state index in [0.29, 0.717) is 35.2 Å². The predicted octanol–water partition coefficient (Wildman–Crippen LogP) is 2.17. The summed E-state index contributed by atoms with van der Waals surface area (Å²) in [5.41, 5.74) is 1.59. The molecule has 3 aromatic rings. The Morgan fingerprint density at radius 2 is 1.93 bits per heavy atom. The highest BCUT2D eigenvalue weighted by Gasteiger charge is 2.09. The maximum Gasteiger partial charge on any atom is 0.251 e. The van der Waals surface area contributed by atoms with Crippen molar-refractivity contribution in [3.8, 4) is 0 Å². The number of fused-ring (bicyclic) bond motifs is 1. The summed E-state index contributed by atoms with van der Waals surface area (Å²) in [6.07, 6.45) is 1.45. The molecule has 2 amide bonds. The zero-order valence-corrected chi connectivity index (χ0v) is 14.9. The van der Waals surface area contributed by atoms with Crippen LogP contribution in [0.4, 0.5) is 5.69 Å². The predicted molar refractivity (Wildman–Crippen MR) is 104 cm³/mol. The minimum absolute atomic E-state index is 0.145. The van der Waals surface area contributed by atoms with E-state index in [9.17, 15) is 14.4 Å². The van der Waals surface area contributed by atoms with Crippen LogP contribution in [0.1, 0.15) is 23.7 Å². The third-order valence-electron chi connectivity index (χ3n) is 4.06. The zero-order chi connectivity index (χ0) is 19.2. The van der Waals surface area contributed by atoms with Crippen LogP contribution in [0.15, 0.2) is 59.5 Å². The molecule has 0 aliphatic heterocycles. The molecule has 0 saturated heterocycles. The van der Waals surface area contributed by atoms with E-state index in [1.807, 2.05) is 13.0 Å². The van der Waals surface area contributed by atoms with E-state index in [1.54, 1.807) is 47.1 Å². The van der Waals surface area contributed by atoms with Crippen molar-refractivity contribution in [2.75, 3.05) is 11.9 Å². The van der Waals surface area contributed by atoms with E-state index in [1.165, 1.54) is 6.20 Å². The Bertz CT molecular complexity index is 1040. The van der Waals surface area contributed by atoms with Crippen LogP contribution in [0.5, 0.6) is 0 Å². The molecule has 0 atom stereocenters. The first-order valence-corrected chi connectivity index (χ1v) is 8.71. The van der Waals surface area contributed by atoms with Gasteiger partial charge in [0.05, 0.1) is 18.3 Å². The number of carbonyl (C=O) groups is 2. The molecule has 1 aromatic heterocycles. The van der Waals surface area contributed by atoms with Crippen molar-refractivity contribution in [3.63, 3.8) is 0 Å². The number of hydrogen-bond donors (Lipinski definition) is 2. The second-order valence-corrected chi connectivity index (χ2v) is 5.99. The van der Waals surface area contributed by atoms with Gasteiger partial charge in [-0.15, -0.1) is 0 Å². The van der Waals surface area contributed by atoms with Gasteiger partial charge in [-0.2, -0.15) is 5.10 Å². The first-order valence-electron chi connectivity index (χ1n) is 8.71. The van der Waals surface area contributed by atoms with E-state index < -0.39 is 0 Å². The number of aryl methyl sites for hydroxylation is 1. The highest BCUT2D eigenvalue weighted by atomic mass is 16.2.